The van der Waals surface area contributed by atoms with Crippen molar-refractivity contribution in [2.45, 2.75) is 12.3 Å². The lowest BCUT2D eigenvalue weighted by Crippen LogP contribution is -2.43. The highest BCUT2D eigenvalue weighted by Crippen LogP contribution is 2.45. The molecule has 1 saturated heterocycles. The first-order valence-electron chi connectivity index (χ1n) is 8.46. The van der Waals surface area contributed by atoms with E-state index in [0.29, 0.717) is 25.5 Å². The molecule has 4 heterocycles. The molecule has 136 valence electrons. The molecule has 27 heavy (non-hydrogen) atoms. The fraction of sp³-hybridized carbons (Fsp3) is 0.222. The molecule has 8 nitrogen and oxygen atoms in total. The van der Waals surface area contributed by atoms with Crippen LogP contribution in [0, 0.1) is 0 Å². The average Bonchev–Trinajstić information content (AvgIpc) is 3.26. The minimum atomic E-state index is -0.852. The zero-order valence-corrected chi connectivity index (χ0v) is 15.8. The van der Waals surface area contributed by atoms with Crippen LogP contribution < -0.4 is 5.73 Å². The Morgan fingerprint density at radius 3 is 2.96 bits per heavy atom. The van der Waals surface area contributed by atoms with Crippen molar-refractivity contribution >= 4 is 21.8 Å². The molecule has 0 aliphatic carbocycles. The molecule has 0 bridgehead atoms. The third kappa shape index (κ3) is 2.35. The first-order chi connectivity index (χ1) is 13.1. The second-order valence-corrected chi connectivity index (χ2v) is 7.33. The number of amides is 1. The van der Waals surface area contributed by atoms with Crippen LogP contribution in [0.15, 0.2) is 47.1 Å². The van der Waals surface area contributed by atoms with Crippen molar-refractivity contribution in [3.8, 4) is 5.69 Å². The third-order valence-corrected chi connectivity index (χ3v) is 5.40. The summed E-state index contributed by atoms with van der Waals surface area (Å²) in [6.07, 6.45) is 1.76. The van der Waals surface area contributed by atoms with E-state index >= 15 is 0 Å². The molecule has 2 aliphatic rings. The standard InChI is InChI=1S/C18H15BrN6O2/c19-11-4-5-13-12(9-11)18(14-3-1-2-6-21-14)24(7-8-27-18)10-15-22-17(16(20)26)23-25(13)15/h1-6,9H,7-8,10H2,(H2,20,26). The van der Waals surface area contributed by atoms with Gasteiger partial charge in [0.15, 0.2) is 5.72 Å². The topological polar surface area (TPSA) is 99.2 Å². The van der Waals surface area contributed by atoms with Crippen LogP contribution in [0.4, 0.5) is 0 Å². The minimum absolute atomic E-state index is 0.00400. The van der Waals surface area contributed by atoms with Gasteiger partial charge in [0.1, 0.15) is 5.82 Å². The summed E-state index contributed by atoms with van der Waals surface area (Å²) in [6, 6.07) is 11.6. The number of halogens is 1. The van der Waals surface area contributed by atoms with Crippen molar-refractivity contribution in [1.29, 1.82) is 0 Å². The van der Waals surface area contributed by atoms with Crippen molar-refractivity contribution in [3.05, 3.63) is 70.0 Å². The summed E-state index contributed by atoms with van der Waals surface area (Å²) in [5, 5.41) is 4.35. The second-order valence-electron chi connectivity index (χ2n) is 6.42. The number of carbonyl (C=O) groups excluding carboxylic acids is 1. The highest BCUT2D eigenvalue weighted by molar-refractivity contribution is 9.10. The molecule has 5 rings (SSSR count). The zero-order valence-electron chi connectivity index (χ0n) is 14.2. The molecular formula is C18H15BrN6O2. The lowest BCUT2D eigenvalue weighted by Gasteiger charge is -2.35. The summed E-state index contributed by atoms with van der Waals surface area (Å²) in [5.41, 5.74) is 7.01. The van der Waals surface area contributed by atoms with Gasteiger partial charge in [0.25, 0.3) is 5.91 Å². The van der Waals surface area contributed by atoms with Gasteiger partial charge in [-0.2, -0.15) is 0 Å². The lowest BCUT2D eigenvalue weighted by atomic mass is 9.95. The number of primary amides is 1. The molecule has 9 heteroatoms. The Bertz CT molecular complexity index is 1050. The number of fused-ring (bicyclic) bond motifs is 5. The van der Waals surface area contributed by atoms with Crippen molar-refractivity contribution in [3.63, 3.8) is 0 Å². The van der Waals surface area contributed by atoms with Crippen LogP contribution in [0.1, 0.15) is 27.7 Å². The van der Waals surface area contributed by atoms with E-state index in [1.165, 1.54) is 0 Å². The fourth-order valence-corrected chi connectivity index (χ4v) is 4.17. The van der Waals surface area contributed by atoms with E-state index in [9.17, 15) is 4.79 Å². The Kier molecular flexibility index (Phi) is 3.64. The van der Waals surface area contributed by atoms with E-state index in [1.54, 1.807) is 10.9 Å². The van der Waals surface area contributed by atoms with Gasteiger partial charge in [-0.1, -0.05) is 22.0 Å². The fourth-order valence-electron chi connectivity index (χ4n) is 3.81. The molecule has 0 spiro atoms. The number of carbonyl (C=O) groups is 1. The van der Waals surface area contributed by atoms with Gasteiger partial charge in [0.2, 0.25) is 5.82 Å². The monoisotopic (exact) mass is 426 g/mol. The molecule has 1 aromatic carbocycles. The van der Waals surface area contributed by atoms with Gasteiger partial charge in [0, 0.05) is 22.8 Å². The normalized spacial score (nSPS) is 21.2. The summed E-state index contributed by atoms with van der Waals surface area (Å²) in [4.78, 5) is 22.7. The van der Waals surface area contributed by atoms with Crippen LogP contribution in [-0.2, 0) is 17.0 Å². The molecule has 3 aromatic rings. The molecule has 2 aliphatic heterocycles. The summed E-state index contributed by atoms with van der Waals surface area (Å²) in [6.45, 7) is 1.70. The van der Waals surface area contributed by atoms with Gasteiger partial charge in [-0.05, 0) is 30.3 Å². The van der Waals surface area contributed by atoms with Gasteiger partial charge in [-0.25, -0.2) is 9.67 Å². The first-order valence-corrected chi connectivity index (χ1v) is 9.25. The average molecular weight is 427 g/mol. The summed E-state index contributed by atoms with van der Waals surface area (Å²) in [7, 11) is 0. The van der Waals surface area contributed by atoms with Gasteiger partial charge in [-0.3, -0.25) is 14.7 Å². The van der Waals surface area contributed by atoms with E-state index in [-0.39, 0.29) is 5.82 Å². The van der Waals surface area contributed by atoms with E-state index in [0.717, 1.165) is 21.4 Å². The Morgan fingerprint density at radius 1 is 1.30 bits per heavy atom. The Labute approximate surface area is 163 Å². The van der Waals surface area contributed by atoms with E-state index in [1.807, 2.05) is 36.4 Å². The highest BCUT2D eigenvalue weighted by Gasteiger charge is 2.50. The number of rotatable bonds is 2. The number of hydrogen-bond donors (Lipinski definition) is 1. The predicted octanol–water partition coefficient (Wildman–Crippen LogP) is 1.57. The molecule has 1 unspecified atom stereocenters. The van der Waals surface area contributed by atoms with E-state index in [4.69, 9.17) is 10.5 Å². The van der Waals surface area contributed by atoms with Crippen molar-refractivity contribution < 1.29 is 9.53 Å². The second kappa shape index (κ2) is 5.95. The minimum Gasteiger partial charge on any atom is -0.363 e. The van der Waals surface area contributed by atoms with Crippen molar-refractivity contribution in [2.75, 3.05) is 13.2 Å². The van der Waals surface area contributed by atoms with Crippen LogP contribution in [0.2, 0.25) is 0 Å². The number of hydrogen-bond acceptors (Lipinski definition) is 6. The number of nitrogens with zero attached hydrogens (tertiary/aromatic N) is 5. The molecule has 0 saturated carbocycles. The smallest absolute Gasteiger partial charge is 0.288 e. The summed E-state index contributed by atoms with van der Waals surface area (Å²) >= 11 is 3.56. The molecular weight excluding hydrogens is 412 g/mol. The van der Waals surface area contributed by atoms with Crippen LogP contribution in [0.25, 0.3) is 5.69 Å². The largest absolute Gasteiger partial charge is 0.363 e. The highest BCUT2D eigenvalue weighted by atomic mass is 79.9. The van der Waals surface area contributed by atoms with Crippen LogP contribution in [0.3, 0.4) is 0 Å². The van der Waals surface area contributed by atoms with Crippen LogP contribution in [0.5, 0.6) is 0 Å². The van der Waals surface area contributed by atoms with E-state index < -0.39 is 11.6 Å². The van der Waals surface area contributed by atoms with Gasteiger partial charge >= 0.3 is 0 Å². The maximum Gasteiger partial charge on any atom is 0.288 e. The van der Waals surface area contributed by atoms with Gasteiger partial charge < -0.3 is 10.5 Å². The first kappa shape index (κ1) is 16.5. The number of nitrogens with two attached hydrogens (primary N) is 1. The third-order valence-electron chi connectivity index (χ3n) is 4.91. The predicted molar refractivity (Wildman–Crippen MR) is 99.0 cm³/mol. The number of ether oxygens (including phenoxy) is 1. The van der Waals surface area contributed by atoms with Gasteiger partial charge in [-0.15, -0.1) is 5.10 Å². The number of pyridine rings is 1. The Balaban J connectivity index is 1.83. The van der Waals surface area contributed by atoms with Crippen LogP contribution in [-0.4, -0.2) is 43.7 Å². The molecule has 2 N–H and O–H groups in total. The molecule has 2 aromatic heterocycles. The Morgan fingerprint density at radius 2 is 2.19 bits per heavy atom. The Hall–Kier alpha value is -2.62. The van der Waals surface area contributed by atoms with Crippen LogP contribution >= 0.6 is 15.9 Å². The number of benzene rings is 1. The summed E-state index contributed by atoms with van der Waals surface area (Å²) < 4.78 is 8.94. The maximum atomic E-state index is 11.6. The van der Waals surface area contributed by atoms with Crippen molar-refractivity contribution in [2.24, 2.45) is 5.73 Å². The SMILES string of the molecule is NC(=O)c1nc2n(n1)-c1ccc(Br)cc1C1(c3ccccn3)OCCN1C2. The lowest BCUT2D eigenvalue weighted by molar-refractivity contribution is -0.0585. The number of aromatic nitrogens is 4. The maximum absolute atomic E-state index is 11.6. The molecule has 0 radical (unpaired) electrons. The molecule has 1 atom stereocenters. The van der Waals surface area contributed by atoms with Gasteiger partial charge in [0.05, 0.1) is 24.5 Å². The summed E-state index contributed by atoms with van der Waals surface area (Å²) in [5.74, 6) is -0.0112. The quantitative estimate of drug-likeness (QED) is 0.667. The zero-order chi connectivity index (χ0) is 18.6. The van der Waals surface area contributed by atoms with Crippen molar-refractivity contribution in [1.82, 2.24) is 24.6 Å². The molecule has 1 fully saturated rings. The molecule has 1 amide bonds. The van der Waals surface area contributed by atoms with E-state index in [2.05, 4.69) is 35.9 Å².